The summed E-state index contributed by atoms with van der Waals surface area (Å²) >= 11 is 7.95. The average Bonchev–Trinajstić information content (AvgIpc) is 2.74. The zero-order valence-corrected chi connectivity index (χ0v) is 19.1. The summed E-state index contributed by atoms with van der Waals surface area (Å²) in [6, 6.07) is 12.0. The molecule has 0 radical (unpaired) electrons. The van der Waals surface area contributed by atoms with Gasteiger partial charge < -0.3 is 9.84 Å². The Bertz CT molecular complexity index is 1240. The third-order valence-electron chi connectivity index (χ3n) is 4.85. The molecule has 1 aliphatic heterocycles. The number of benzene rings is 2. The van der Waals surface area contributed by atoms with Crippen molar-refractivity contribution in [1.82, 2.24) is 10.1 Å². The van der Waals surface area contributed by atoms with Gasteiger partial charge in [-0.3, -0.25) is 9.59 Å². The lowest BCUT2D eigenvalue weighted by atomic mass is 10.0. The van der Waals surface area contributed by atoms with Crippen LogP contribution in [0.15, 0.2) is 47.6 Å². The van der Waals surface area contributed by atoms with E-state index in [0.717, 1.165) is 0 Å². The second-order valence-corrected chi connectivity index (χ2v) is 8.57. The lowest BCUT2D eigenvalue weighted by Crippen LogP contribution is -2.58. The summed E-state index contributed by atoms with van der Waals surface area (Å²) in [7, 11) is 0. The van der Waals surface area contributed by atoms with Crippen LogP contribution in [0.3, 0.4) is 0 Å². The molecule has 164 valence electrons. The Balaban J connectivity index is 2.04. The number of hydrogen-bond acceptors (Lipinski definition) is 7. The van der Waals surface area contributed by atoms with Crippen LogP contribution in [0.2, 0.25) is 5.02 Å². The third-order valence-corrected chi connectivity index (χ3v) is 5.98. The van der Waals surface area contributed by atoms with E-state index in [1.807, 2.05) is 6.92 Å². The topological polar surface area (TPSA) is 99.3 Å². The molecular weight excluding hydrogens is 452 g/mol. The van der Waals surface area contributed by atoms with E-state index in [1.54, 1.807) is 42.5 Å². The molecule has 2 aromatic carbocycles. The lowest BCUT2D eigenvalue weighted by Gasteiger charge is -2.33. The number of fused-ring (bicyclic) bond motifs is 3. The Hall–Kier alpha value is -3.17. The number of rotatable bonds is 4. The second kappa shape index (κ2) is 8.76. The molecule has 8 nitrogen and oxygen atoms in total. The molecule has 0 fully saturated rings. The van der Waals surface area contributed by atoms with Gasteiger partial charge in [0.25, 0.3) is 17.0 Å². The number of hydrogen-bond donors (Lipinski definition) is 0. The zero-order chi connectivity index (χ0) is 23.0. The van der Waals surface area contributed by atoms with Crippen molar-refractivity contribution in [2.45, 2.75) is 32.1 Å². The molecule has 1 aliphatic rings. The normalized spacial score (nSPS) is 14.5. The number of esters is 1. The Morgan fingerprint density at radius 1 is 1.22 bits per heavy atom. The van der Waals surface area contributed by atoms with Crippen LogP contribution in [-0.4, -0.2) is 27.7 Å². The molecule has 1 unspecified atom stereocenters. The Morgan fingerprint density at radius 3 is 2.66 bits per heavy atom. The quantitative estimate of drug-likeness (QED) is 0.250. The van der Waals surface area contributed by atoms with Gasteiger partial charge in [-0.1, -0.05) is 53.2 Å². The van der Waals surface area contributed by atoms with Crippen LogP contribution in [0.5, 0.6) is 11.6 Å². The molecule has 4 rings (SSSR count). The molecule has 0 spiro atoms. The molecule has 10 heteroatoms. The summed E-state index contributed by atoms with van der Waals surface area (Å²) in [5.74, 6) is -0.436. The highest BCUT2D eigenvalue weighted by atomic mass is 35.5. The number of carbonyl (C=O) groups excluding carboxylic acids is 2. The summed E-state index contributed by atoms with van der Waals surface area (Å²) in [5, 5.41) is 18.1. The van der Waals surface area contributed by atoms with Crippen molar-refractivity contribution in [2.75, 3.05) is 10.7 Å². The fourth-order valence-electron chi connectivity index (χ4n) is 3.71. The largest absolute Gasteiger partial charge is 0.854 e. The van der Waals surface area contributed by atoms with Gasteiger partial charge >= 0.3 is 5.97 Å². The summed E-state index contributed by atoms with van der Waals surface area (Å²) < 4.78 is 6.72. The molecule has 3 aromatic rings. The van der Waals surface area contributed by atoms with E-state index < -0.39 is 18.0 Å². The van der Waals surface area contributed by atoms with E-state index in [4.69, 9.17) is 16.3 Å². The van der Waals surface area contributed by atoms with Crippen molar-refractivity contribution in [3.05, 3.63) is 53.1 Å². The average molecular weight is 471 g/mol. The van der Waals surface area contributed by atoms with Gasteiger partial charge in [0.1, 0.15) is 5.75 Å². The van der Waals surface area contributed by atoms with E-state index in [0.29, 0.717) is 27.7 Å². The Morgan fingerprint density at radius 2 is 1.97 bits per heavy atom. The smallest absolute Gasteiger partial charge is 0.308 e. The molecule has 0 bridgehead atoms. The minimum absolute atomic E-state index is 0.146. The van der Waals surface area contributed by atoms with Crippen LogP contribution in [0.4, 0.5) is 5.69 Å². The van der Waals surface area contributed by atoms with Gasteiger partial charge in [-0.25, -0.2) is 9.88 Å². The lowest BCUT2D eigenvalue weighted by molar-refractivity contribution is -0.764. The minimum atomic E-state index is -0.882. The highest BCUT2D eigenvalue weighted by molar-refractivity contribution is 7.99. The van der Waals surface area contributed by atoms with Crippen molar-refractivity contribution in [3.63, 3.8) is 0 Å². The third kappa shape index (κ3) is 3.78. The van der Waals surface area contributed by atoms with Crippen molar-refractivity contribution < 1.29 is 24.1 Å². The Labute approximate surface area is 193 Å². The number of carbonyl (C=O) groups is 2. The highest BCUT2D eigenvalue weighted by Crippen LogP contribution is 2.43. The van der Waals surface area contributed by atoms with Gasteiger partial charge in [-0.2, -0.15) is 0 Å². The number of nitrogens with zero attached hydrogens (tertiary/aromatic N) is 4. The van der Waals surface area contributed by atoms with Crippen molar-refractivity contribution in [3.8, 4) is 22.9 Å². The summed E-state index contributed by atoms with van der Waals surface area (Å²) in [6.07, 6.45) is -0.882. The highest BCUT2D eigenvalue weighted by Gasteiger charge is 2.45. The number of anilines is 1. The van der Waals surface area contributed by atoms with Gasteiger partial charge in [0.05, 0.1) is 27.7 Å². The predicted molar refractivity (Wildman–Crippen MR) is 118 cm³/mol. The van der Waals surface area contributed by atoms with Crippen LogP contribution in [-0.2, 0) is 9.59 Å². The maximum atomic E-state index is 13.1. The van der Waals surface area contributed by atoms with Gasteiger partial charge in [0.2, 0.25) is 5.91 Å². The monoisotopic (exact) mass is 470 g/mol. The maximum absolute atomic E-state index is 13.1. The zero-order valence-electron chi connectivity index (χ0n) is 17.5. The van der Waals surface area contributed by atoms with Crippen molar-refractivity contribution >= 4 is 40.9 Å². The Kier molecular flexibility index (Phi) is 6.03. The fraction of sp³-hybridized carbons (Fsp3) is 0.227. The molecule has 1 atom stereocenters. The summed E-state index contributed by atoms with van der Waals surface area (Å²) in [5.41, 5.74) is 1.78. The molecule has 2 heterocycles. The number of ether oxygens (including phenoxy) is 1. The van der Waals surface area contributed by atoms with Gasteiger partial charge in [-0.05, 0) is 30.0 Å². The van der Waals surface area contributed by atoms with E-state index >= 15 is 0 Å². The molecule has 1 amide bonds. The van der Waals surface area contributed by atoms with E-state index in [9.17, 15) is 14.7 Å². The molecular formula is C22H19ClN4O4S. The number of halogens is 1. The van der Waals surface area contributed by atoms with Crippen molar-refractivity contribution in [1.29, 1.82) is 0 Å². The van der Waals surface area contributed by atoms with Crippen molar-refractivity contribution in [2.24, 2.45) is 0 Å². The number of aromatic nitrogens is 3. The van der Waals surface area contributed by atoms with E-state index in [2.05, 4.69) is 10.1 Å². The number of thioether (sulfide) groups is 1. The molecule has 0 aliphatic carbocycles. The van der Waals surface area contributed by atoms with Crippen LogP contribution < -0.4 is 19.4 Å². The van der Waals surface area contributed by atoms with Gasteiger partial charge in [0.15, 0.2) is 0 Å². The number of amides is 1. The minimum Gasteiger partial charge on any atom is -0.854 e. The maximum Gasteiger partial charge on any atom is 0.308 e. The standard InChI is InChI=1S/C22H19ClN4O4S/c1-4-32-22-24-20(30)19-14-8-5-6-10-16(14)26(12(2)28)21(27(19)25-22)15-9-7-11-17(18(15)23)31-13(3)29/h5-11,21H,4H2,1-3H3. The SMILES string of the molecule is CCSc1nc([O-])c2[n+](n1)C(c1cccc(OC(C)=O)c1Cl)N(C(C)=O)c1ccccc1-2. The number of para-hydroxylation sites is 1. The fourth-order valence-corrected chi connectivity index (χ4v) is 4.52. The predicted octanol–water partition coefficient (Wildman–Crippen LogP) is 3.11. The van der Waals surface area contributed by atoms with Gasteiger partial charge in [-0.15, -0.1) is 0 Å². The van der Waals surface area contributed by atoms with E-state index in [-0.39, 0.29) is 22.4 Å². The molecule has 32 heavy (non-hydrogen) atoms. The molecule has 1 aromatic heterocycles. The first-order chi connectivity index (χ1) is 15.3. The first kappa shape index (κ1) is 22.0. The molecule has 0 saturated carbocycles. The second-order valence-electron chi connectivity index (χ2n) is 6.96. The summed E-state index contributed by atoms with van der Waals surface area (Å²) in [4.78, 5) is 30.1. The first-order valence-electron chi connectivity index (χ1n) is 9.83. The molecule has 0 N–H and O–H groups in total. The van der Waals surface area contributed by atoms with Crippen LogP contribution in [0.1, 0.15) is 32.5 Å². The van der Waals surface area contributed by atoms with E-state index in [1.165, 1.54) is 35.2 Å². The molecule has 0 saturated heterocycles. The first-order valence-corrected chi connectivity index (χ1v) is 11.2. The van der Waals surface area contributed by atoms with Gasteiger partial charge in [0, 0.05) is 18.9 Å². The van der Waals surface area contributed by atoms with Crippen LogP contribution in [0.25, 0.3) is 11.3 Å². The summed E-state index contributed by atoms with van der Waals surface area (Å²) in [6.45, 7) is 4.63. The van der Waals surface area contributed by atoms with Crippen LogP contribution >= 0.6 is 23.4 Å². The van der Waals surface area contributed by atoms with Crippen LogP contribution in [0, 0.1) is 0 Å².